The molecule has 0 aromatic heterocycles. The van der Waals surface area contributed by atoms with Gasteiger partial charge in [0.05, 0.1) is 5.41 Å². The third-order valence-electron chi connectivity index (χ3n) is 2.80. The van der Waals surface area contributed by atoms with E-state index in [2.05, 4.69) is 0 Å². The number of carbonyl (C=O) groups excluding carboxylic acids is 1. The second kappa shape index (κ2) is 5.52. The van der Waals surface area contributed by atoms with Crippen molar-refractivity contribution in [1.82, 2.24) is 4.90 Å². The van der Waals surface area contributed by atoms with E-state index in [4.69, 9.17) is 17.3 Å². The molecule has 0 unspecified atom stereocenters. The molecule has 94 valence electrons. The zero-order chi connectivity index (χ0) is 13.1. The van der Waals surface area contributed by atoms with Gasteiger partial charge in [-0.2, -0.15) is 0 Å². The van der Waals surface area contributed by atoms with E-state index in [0.29, 0.717) is 18.1 Å². The molecule has 4 heteroatoms. The van der Waals surface area contributed by atoms with E-state index < -0.39 is 5.41 Å². The number of hydrogen-bond acceptors (Lipinski definition) is 2. The van der Waals surface area contributed by atoms with Crippen molar-refractivity contribution in [1.29, 1.82) is 0 Å². The zero-order valence-electron chi connectivity index (χ0n) is 10.5. The third kappa shape index (κ3) is 3.45. The number of nitrogens with zero attached hydrogens (tertiary/aromatic N) is 1. The Balaban J connectivity index is 2.77. The minimum Gasteiger partial charge on any atom is -0.341 e. The predicted molar refractivity (Wildman–Crippen MR) is 70.8 cm³/mol. The van der Waals surface area contributed by atoms with Gasteiger partial charge in [-0.3, -0.25) is 4.79 Å². The lowest BCUT2D eigenvalue weighted by Gasteiger charge is -2.28. The quantitative estimate of drug-likeness (QED) is 0.896. The fourth-order valence-electron chi connectivity index (χ4n) is 1.56. The maximum atomic E-state index is 12.1. The molecule has 0 saturated heterocycles. The lowest BCUT2D eigenvalue weighted by molar-refractivity contribution is -0.139. The van der Waals surface area contributed by atoms with Crippen LogP contribution in [0.5, 0.6) is 0 Å². The van der Waals surface area contributed by atoms with Crippen LogP contribution < -0.4 is 5.73 Å². The number of carbonyl (C=O) groups is 1. The summed E-state index contributed by atoms with van der Waals surface area (Å²) in [5.74, 6) is 0.0277. The van der Waals surface area contributed by atoms with E-state index in [1.165, 1.54) is 0 Å². The molecular formula is C13H19ClN2O. The standard InChI is InChI=1S/C13H19ClN2O/c1-13(2,9-15)12(17)16(3)8-10-6-4-5-7-11(10)14/h4-7H,8-9,15H2,1-3H3. The molecular weight excluding hydrogens is 236 g/mol. The molecule has 0 spiro atoms. The fraction of sp³-hybridized carbons (Fsp3) is 0.462. The summed E-state index contributed by atoms with van der Waals surface area (Å²) in [6, 6.07) is 7.52. The van der Waals surface area contributed by atoms with Gasteiger partial charge >= 0.3 is 0 Å². The van der Waals surface area contributed by atoms with Crippen molar-refractivity contribution in [3.63, 3.8) is 0 Å². The Labute approximate surface area is 108 Å². The summed E-state index contributed by atoms with van der Waals surface area (Å²) in [6.07, 6.45) is 0. The number of nitrogens with two attached hydrogens (primary N) is 1. The van der Waals surface area contributed by atoms with Crippen LogP contribution in [0.4, 0.5) is 0 Å². The van der Waals surface area contributed by atoms with Gasteiger partial charge in [-0.05, 0) is 25.5 Å². The number of benzene rings is 1. The second-order valence-corrected chi connectivity index (χ2v) is 5.25. The van der Waals surface area contributed by atoms with Gasteiger partial charge in [-0.25, -0.2) is 0 Å². The first-order valence-electron chi connectivity index (χ1n) is 5.57. The molecule has 0 heterocycles. The number of rotatable bonds is 4. The average Bonchev–Trinajstić information content (AvgIpc) is 2.31. The van der Waals surface area contributed by atoms with Crippen molar-refractivity contribution in [3.8, 4) is 0 Å². The smallest absolute Gasteiger partial charge is 0.229 e. The summed E-state index contributed by atoms with van der Waals surface area (Å²) >= 11 is 6.06. The molecule has 1 aromatic rings. The minimum atomic E-state index is -0.532. The van der Waals surface area contributed by atoms with Crippen molar-refractivity contribution in [2.45, 2.75) is 20.4 Å². The SMILES string of the molecule is CN(Cc1ccccc1Cl)C(=O)C(C)(C)CN. The summed E-state index contributed by atoms with van der Waals surface area (Å²) in [5.41, 5.74) is 6.01. The molecule has 3 nitrogen and oxygen atoms in total. The van der Waals surface area contributed by atoms with Gasteiger partial charge in [0, 0.05) is 25.2 Å². The number of hydrogen-bond donors (Lipinski definition) is 1. The molecule has 1 amide bonds. The molecule has 0 atom stereocenters. The monoisotopic (exact) mass is 254 g/mol. The van der Waals surface area contributed by atoms with Crippen LogP contribution in [0.15, 0.2) is 24.3 Å². The van der Waals surface area contributed by atoms with Gasteiger partial charge in [0.15, 0.2) is 0 Å². The highest BCUT2D eigenvalue weighted by Gasteiger charge is 2.28. The predicted octanol–water partition coefficient (Wildman–Crippen LogP) is 2.28. The van der Waals surface area contributed by atoms with Crippen molar-refractivity contribution < 1.29 is 4.79 Å². The van der Waals surface area contributed by atoms with Crippen molar-refractivity contribution in [2.24, 2.45) is 11.1 Å². The molecule has 0 saturated carbocycles. The summed E-state index contributed by atoms with van der Waals surface area (Å²) in [5, 5.41) is 0.678. The summed E-state index contributed by atoms with van der Waals surface area (Å²) in [4.78, 5) is 13.8. The third-order valence-corrected chi connectivity index (χ3v) is 3.17. The zero-order valence-corrected chi connectivity index (χ0v) is 11.3. The van der Waals surface area contributed by atoms with Crippen molar-refractivity contribution in [2.75, 3.05) is 13.6 Å². The van der Waals surface area contributed by atoms with Gasteiger partial charge in [0.2, 0.25) is 5.91 Å². The van der Waals surface area contributed by atoms with E-state index in [0.717, 1.165) is 5.56 Å². The van der Waals surface area contributed by atoms with Crippen LogP contribution in [0.3, 0.4) is 0 Å². The lowest BCUT2D eigenvalue weighted by Crippen LogP contribution is -2.42. The van der Waals surface area contributed by atoms with Crippen LogP contribution in [0.25, 0.3) is 0 Å². The first-order chi connectivity index (χ1) is 7.88. The van der Waals surface area contributed by atoms with E-state index in [1.807, 2.05) is 38.1 Å². The Kier molecular flexibility index (Phi) is 4.54. The molecule has 0 bridgehead atoms. The maximum Gasteiger partial charge on any atom is 0.229 e. The van der Waals surface area contributed by atoms with Crippen LogP contribution in [-0.2, 0) is 11.3 Å². The van der Waals surface area contributed by atoms with Gasteiger partial charge in [-0.1, -0.05) is 29.8 Å². The van der Waals surface area contributed by atoms with Crippen molar-refractivity contribution >= 4 is 17.5 Å². The van der Waals surface area contributed by atoms with Gasteiger partial charge in [0.1, 0.15) is 0 Å². The molecule has 0 aliphatic rings. The molecule has 0 aliphatic heterocycles. The molecule has 1 rings (SSSR count). The average molecular weight is 255 g/mol. The highest BCUT2D eigenvalue weighted by Crippen LogP contribution is 2.20. The second-order valence-electron chi connectivity index (χ2n) is 4.84. The summed E-state index contributed by atoms with van der Waals surface area (Å²) in [6.45, 7) is 4.53. The van der Waals surface area contributed by atoms with Gasteiger partial charge in [0.25, 0.3) is 0 Å². The maximum absolute atomic E-state index is 12.1. The van der Waals surface area contributed by atoms with E-state index >= 15 is 0 Å². The Morgan fingerprint density at radius 2 is 2.00 bits per heavy atom. The summed E-state index contributed by atoms with van der Waals surface area (Å²) < 4.78 is 0. The van der Waals surface area contributed by atoms with E-state index in [1.54, 1.807) is 11.9 Å². The summed E-state index contributed by atoms with van der Waals surface area (Å²) in [7, 11) is 1.77. The Hall–Kier alpha value is -1.06. The molecule has 1 aromatic carbocycles. The fourth-order valence-corrected chi connectivity index (χ4v) is 1.75. The first kappa shape index (κ1) is 14.0. The van der Waals surface area contributed by atoms with Crippen LogP contribution in [0, 0.1) is 5.41 Å². The topological polar surface area (TPSA) is 46.3 Å². The lowest BCUT2D eigenvalue weighted by atomic mass is 9.92. The Morgan fingerprint density at radius 1 is 1.41 bits per heavy atom. The van der Waals surface area contributed by atoms with Crippen LogP contribution in [0.2, 0.25) is 5.02 Å². The van der Waals surface area contributed by atoms with Crippen LogP contribution in [0.1, 0.15) is 19.4 Å². The normalized spacial score (nSPS) is 11.4. The van der Waals surface area contributed by atoms with Gasteiger partial charge in [-0.15, -0.1) is 0 Å². The molecule has 0 fully saturated rings. The molecule has 0 aliphatic carbocycles. The van der Waals surface area contributed by atoms with Crippen LogP contribution in [-0.4, -0.2) is 24.4 Å². The molecule has 2 N–H and O–H groups in total. The van der Waals surface area contributed by atoms with Gasteiger partial charge < -0.3 is 10.6 Å². The Morgan fingerprint density at radius 3 is 2.53 bits per heavy atom. The van der Waals surface area contributed by atoms with Crippen LogP contribution >= 0.6 is 11.6 Å². The minimum absolute atomic E-state index is 0.0277. The first-order valence-corrected chi connectivity index (χ1v) is 5.95. The highest BCUT2D eigenvalue weighted by molar-refractivity contribution is 6.31. The molecule has 0 radical (unpaired) electrons. The Bertz CT molecular complexity index is 404. The van der Waals surface area contributed by atoms with E-state index in [-0.39, 0.29) is 5.91 Å². The number of halogens is 1. The number of amides is 1. The highest BCUT2D eigenvalue weighted by atomic mass is 35.5. The van der Waals surface area contributed by atoms with Crippen molar-refractivity contribution in [3.05, 3.63) is 34.9 Å². The van der Waals surface area contributed by atoms with E-state index in [9.17, 15) is 4.79 Å². The largest absolute Gasteiger partial charge is 0.341 e. The molecule has 17 heavy (non-hydrogen) atoms.